The molecule has 0 amide bonds. The normalized spacial score (nSPS) is 12.4. The summed E-state index contributed by atoms with van der Waals surface area (Å²) in [5, 5.41) is 14.0. The van der Waals surface area contributed by atoms with Crippen LogP contribution in [0.4, 0.5) is 0 Å². The standard InChI is InChI=1S/C14H21Cl2NO2/c1-2-3-4-7-17-9-12(18)10-19-14-8-11(15)5-6-13(14)16/h5-6,8,12,17-18H,2-4,7,9-10H2,1H3. The molecule has 0 aliphatic carbocycles. The molecule has 1 aromatic carbocycles. The molecule has 0 saturated carbocycles. The Balaban J connectivity index is 2.22. The van der Waals surface area contributed by atoms with Gasteiger partial charge in [-0.05, 0) is 25.1 Å². The van der Waals surface area contributed by atoms with Crippen molar-refractivity contribution in [2.24, 2.45) is 0 Å². The summed E-state index contributed by atoms with van der Waals surface area (Å²) >= 11 is 11.8. The number of hydrogen-bond acceptors (Lipinski definition) is 3. The van der Waals surface area contributed by atoms with Gasteiger partial charge in [-0.3, -0.25) is 0 Å². The van der Waals surface area contributed by atoms with Gasteiger partial charge in [0.05, 0.1) is 5.02 Å². The Kier molecular flexibility index (Phi) is 8.22. The zero-order chi connectivity index (χ0) is 14.1. The largest absolute Gasteiger partial charge is 0.489 e. The topological polar surface area (TPSA) is 41.5 Å². The minimum absolute atomic E-state index is 0.195. The van der Waals surface area contributed by atoms with E-state index in [2.05, 4.69) is 12.2 Å². The average molecular weight is 306 g/mol. The second-order valence-corrected chi connectivity index (χ2v) is 5.29. The Morgan fingerprint density at radius 3 is 2.84 bits per heavy atom. The van der Waals surface area contributed by atoms with Gasteiger partial charge in [-0.25, -0.2) is 0 Å². The molecule has 0 spiro atoms. The van der Waals surface area contributed by atoms with Crippen LogP contribution in [-0.2, 0) is 0 Å². The number of aliphatic hydroxyl groups excluding tert-OH is 1. The van der Waals surface area contributed by atoms with E-state index in [0.717, 1.165) is 13.0 Å². The molecule has 0 heterocycles. The van der Waals surface area contributed by atoms with Crippen LogP contribution in [0.3, 0.4) is 0 Å². The van der Waals surface area contributed by atoms with Crippen molar-refractivity contribution in [3.05, 3.63) is 28.2 Å². The molecule has 0 aliphatic heterocycles. The highest BCUT2D eigenvalue weighted by atomic mass is 35.5. The van der Waals surface area contributed by atoms with Crippen molar-refractivity contribution >= 4 is 23.2 Å². The number of benzene rings is 1. The number of rotatable bonds is 9. The third-order valence-electron chi connectivity index (χ3n) is 2.66. The Hall–Kier alpha value is -0.480. The van der Waals surface area contributed by atoms with Crippen LogP contribution < -0.4 is 10.1 Å². The molecular formula is C14H21Cl2NO2. The van der Waals surface area contributed by atoms with Crippen molar-refractivity contribution in [1.29, 1.82) is 0 Å². The predicted octanol–water partition coefficient (Wildman–Crippen LogP) is 3.51. The molecule has 0 bridgehead atoms. The van der Waals surface area contributed by atoms with Gasteiger partial charge in [0, 0.05) is 17.6 Å². The maximum absolute atomic E-state index is 9.76. The van der Waals surface area contributed by atoms with Crippen molar-refractivity contribution in [3.8, 4) is 5.75 Å². The van der Waals surface area contributed by atoms with Gasteiger partial charge in [-0.2, -0.15) is 0 Å². The molecule has 1 rings (SSSR count). The van der Waals surface area contributed by atoms with Crippen LogP contribution in [0.15, 0.2) is 18.2 Å². The average Bonchev–Trinajstić information content (AvgIpc) is 2.39. The number of unbranched alkanes of at least 4 members (excludes halogenated alkanes) is 2. The number of nitrogens with one attached hydrogen (secondary N) is 1. The van der Waals surface area contributed by atoms with E-state index in [1.165, 1.54) is 12.8 Å². The van der Waals surface area contributed by atoms with E-state index in [1.807, 2.05) is 0 Å². The smallest absolute Gasteiger partial charge is 0.139 e. The van der Waals surface area contributed by atoms with Gasteiger partial charge >= 0.3 is 0 Å². The SMILES string of the molecule is CCCCCNCC(O)COc1cc(Cl)ccc1Cl. The van der Waals surface area contributed by atoms with E-state index < -0.39 is 6.10 Å². The summed E-state index contributed by atoms with van der Waals surface area (Å²) in [6, 6.07) is 5.02. The minimum atomic E-state index is -0.559. The molecule has 1 atom stereocenters. The molecule has 0 saturated heterocycles. The first-order chi connectivity index (χ1) is 9.13. The first-order valence-electron chi connectivity index (χ1n) is 6.60. The zero-order valence-corrected chi connectivity index (χ0v) is 12.7. The Bertz CT molecular complexity index is 374. The van der Waals surface area contributed by atoms with Crippen molar-refractivity contribution in [2.75, 3.05) is 19.7 Å². The van der Waals surface area contributed by atoms with Gasteiger partial charge in [0.2, 0.25) is 0 Å². The maximum atomic E-state index is 9.76. The zero-order valence-electron chi connectivity index (χ0n) is 11.2. The summed E-state index contributed by atoms with van der Waals surface area (Å²) in [6.07, 6.45) is 2.97. The van der Waals surface area contributed by atoms with Crippen molar-refractivity contribution < 1.29 is 9.84 Å². The van der Waals surface area contributed by atoms with Gasteiger partial charge in [-0.15, -0.1) is 0 Å². The summed E-state index contributed by atoms with van der Waals surface area (Å²) in [4.78, 5) is 0. The van der Waals surface area contributed by atoms with Crippen LogP contribution in [0.2, 0.25) is 10.0 Å². The second-order valence-electron chi connectivity index (χ2n) is 4.45. The molecule has 1 unspecified atom stereocenters. The lowest BCUT2D eigenvalue weighted by Gasteiger charge is -2.14. The van der Waals surface area contributed by atoms with E-state index in [9.17, 15) is 5.11 Å². The van der Waals surface area contributed by atoms with Crippen molar-refractivity contribution in [2.45, 2.75) is 32.3 Å². The van der Waals surface area contributed by atoms with Crippen LogP contribution in [-0.4, -0.2) is 30.9 Å². The first-order valence-corrected chi connectivity index (χ1v) is 7.35. The van der Waals surface area contributed by atoms with E-state index in [0.29, 0.717) is 22.3 Å². The molecule has 19 heavy (non-hydrogen) atoms. The van der Waals surface area contributed by atoms with Gasteiger partial charge in [0.25, 0.3) is 0 Å². The Morgan fingerprint density at radius 1 is 1.32 bits per heavy atom. The lowest BCUT2D eigenvalue weighted by molar-refractivity contribution is 0.106. The molecule has 108 valence electrons. The second kappa shape index (κ2) is 9.43. The summed E-state index contributed by atoms with van der Waals surface area (Å²) < 4.78 is 5.45. The maximum Gasteiger partial charge on any atom is 0.139 e. The van der Waals surface area contributed by atoms with Gasteiger partial charge in [0.15, 0.2) is 0 Å². The molecule has 0 aromatic heterocycles. The predicted molar refractivity (Wildman–Crippen MR) is 80.4 cm³/mol. The quantitative estimate of drug-likeness (QED) is 0.686. The monoisotopic (exact) mass is 305 g/mol. The Morgan fingerprint density at radius 2 is 2.11 bits per heavy atom. The molecular weight excluding hydrogens is 285 g/mol. The van der Waals surface area contributed by atoms with Crippen LogP contribution in [0, 0.1) is 0 Å². The number of hydrogen-bond donors (Lipinski definition) is 2. The lowest BCUT2D eigenvalue weighted by atomic mass is 10.2. The minimum Gasteiger partial charge on any atom is -0.489 e. The van der Waals surface area contributed by atoms with Crippen molar-refractivity contribution in [1.82, 2.24) is 5.32 Å². The number of ether oxygens (including phenoxy) is 1. The highest BCUT2D eigenvalue weighted by molar-refractivity contribution is 6.34. The fourth-order valence-corrected chi connectivity index (χ4v) is 1.94. The molecule has 1 aromatic rings. The number of halogens is 2. The molecule has 5 heteroatoms. The molecule has 2 N–H and O–H groups in total. The summed E-state index contributed by atoms with van der Waals surface area (Å²) in [5.74, 6) is 0.499. The lowest BCUT2D eigenvalue weighted by Crippen LogP contribution is -2.32. The molecule has 0 radical (unpaired) electrons. The van der Waals surface area contributed by atoms with Crippen LogP contribution >= 0.6 is 23.2 Å². The number of aliphatic hydroxyl groups is 1. The summed E-state index contributed by atoms with van der Waals surface area (Å²) in [5.41, 5.74) is 0. The highest BCUT2D eigenvalue weighted by Crippen LogP contribution is 2.27. The van der Waals surface area contributed by atoms with Crippen molar-refractivity contribution in [3.63, 3.8) is 0 Å². The van der Waals surface area contributed by atoms with E-state index in [4.69, 9.17) is 27.9 Å². The fraction of sp³-hybridized carbons (Fsp3) is 0.571. The van der Waals surface area contributed by atoms with E-state index in [1.54, 1.807) is 18.2 Å². The molecule has 0 fully saturated rings. The molecule has 3 nitrogen and oxygen atoms in total. The summed E-state index contributed by atoms with van der Waals surface area (Å²) in [6.45, 7) is 3.79. The van der Waals surface area contributed by atoms with Gasteiger partial charge in [0.1, 0.15) is 18.5 Å². The fourth-order valence-electron chi connectivity index (χ4n) is 1.60. The highest BCUT2D eigenvalue weighted by Gasteiger charge is 2.07. The summed E-state index contributed by atoms with van der Waals surface area (Å²) in [7, 11) is 0. The first kappa shape index (κ1) is 16.6. The van der Waals surface area contributed by atoms with Crippen LogP contribution in [0.1, 0.15) is 26.2 Å². The third-order valence-corrected chi connectivity index (χ3v) is 3.21. The molecule has 0 aliphatic rings. The van der Waals surface area contributed by atoms with E-state index in [-0.39, 0.29) is 6.61 Å². The van der Waals surface area contributed by atoms with Crippen LogP contribution in [0.25, 0.3) is 0 Å². The Labute approximate surface area is 124 Å². The van der Waals surface area contributed by atoms with Gasteiger partial charge in [-0.1, -0.05) is 43.0 Å². The van der Waals surface area contributed by atoms with E-state index >= 15 is 0 Å². The van der Waals surface area contributed by atoms with Crippen LogP contribution in [0.5, 0.6) is 5.75 Å². The van der Waals surface area contributed by atoms with Gasteiger partial charge < -0.3 is 15.2 Å². The third kappa shape index (κ3) is 7.02.